The summed E-state index contributed by atoms with van der Waals surface area (Å²) < 4.78 is 0. The van der Waals surface area contributed by atoms with Crippen LogP contribution in [0.4, 0.5) is 5.69 Å². The van der Waals surface area contributed by atoms with E-state index in [1.807, 2.05) is 0 Å². The summed E-state index contributed by atoms with van der Waals surface area (Å²) >= 11 is 0. The maximum Gasteiger partial charge on any atom is 0.226 e. The van der Waals surface area contributed by atoms with Crippen molar-refractivity contribution in [2.75, 3.05) is 18.4 Å². The van der Waals surface area contributed by atoms with Crippen molar-refractivity contribution in [2.45, 2.75) is 44.9 Å². The fourth-order valence-corrected chi connectivity index (χ4v) is 3.13. The standard InChI is InChI=1S/C17H26N4O2.2ClH/c18-13-17(7-2-1-3-8-17)12-16(23)20-11-6-15(22)21-14-4-9-19-10-5-14;;/h4-5,9-10H,1-3,6-8,11-13,18H2,(H,20,23)(H,19,21,22);2*1H. The number of carbonyl (C=O) groups excluding carboxylic acids is 2. The number of hydrogen-bond donors (Lipinski definition) is 3. The fourth-order valence-electron chi connectivity index (χ4n) is 3.13. The number of rotatable bonds is 7. The van der Waals surface area contributed by atoms with E-state index < -0.39 is 0 Å². The molecule has 1 aliphatic rings. The zero-order valence-corrected chi connectivity index (χ0v) is 16.0. The number of nitrogens with one attached hydrogen (secondary N) is 2. The van der Waals surface area contributed by atoms with Crippen molar-refractivity contribution in [3.8, 4) is 0 Å². The third-order valence-corrected chi connectivity index (χ3v) is 4.52. The zero-order valence-electron chi connectivity index (χ0n) is 14.3. The molecule has 0 saturated heterocycles. The lowest BCUT2D eigenvalue weighted by Crippen LogP contribution is -2.39. The van der Waals surface area contributed by atoms with Crippen LogP contribution in [0.3, 0.4) is 0 Å². The van der Waals surface area contributed by atoms with E-state index >= 15 is 0 Å². The normalized spacial score (nSPS) is 15.2. The molecule has 2 rings (SSSR count). The number of anilines is 1. The Kier molecular flexibility index (Phi) is 11.4. The molecule has 0 radical (unpaired) electrons. The van der Waals surface area contributed by atoms with Crippen molar-refractivity contribution in [1.82, 2.24) is 10.3 Å². The average molecular weight is 391 g/mol. The van der Waals surface area contributed by atoms with Crippen LogP contribution in [0.25, 0.3) is 0 Å². The van der Waals surface area contributed by atoms with Gasteiger partial charge in [-0.3, -0.25) is 14.6 Å². The molecule has 1 fully saturated rings. The predicted octanol–water partition coefficient (Wildman–Crippen LogP) is 2.67. The van der Waals surface area contributed by atoms with E-state index in [0.29, 0.717) is 25.2 Å². The van der Waals surface area contributed by atoms with Crippen molar-refractivity contribution in [3.05, 3.63) is 24.5 Å². The van der Waals surface area contributed by atoms with Gasteiger partial charge >= 0.3 is 0 Å². The van der Waals surface area contributed by atoms with Gasteiger partial charge in [0.2, 0.25) is 11.8 Å². The molecule has 1 aromatic heterocycles. The summed E-state index contributed by atoms with van der Waals surface area (Å²) in [5, 5.41) is 5.60. The van der Waals surface area contributed by atoms with Crippen LogP contribution < -0.4 is 16.4 Å². The summed E-state index contributed by atoms with van der Waals surface area (Å²) in [6.45, 7) is 0.902. The monoisotopic (exact) mass is 390 g/mol. The van der Waals surface area contributed by atoms with Gasteiger partial charge < -0.3 is 16.4 Å². The maximum atomic E-state index is 12.1. The number of pyridine rings is 1. The second kappa shape index (κ2) is 12.1. The third kappa shape index (κ3) is 8.03. The molecule has 1 aromatic rings. The lowest BCUT2D eigenvalue weighted by atomic mass is 9.71. The van der Waals surface area contributed by atoms with Gasteiger partial charge in [0.25, 0.3) is 0 Å². The third-order valence-electron chi connectivity index (χ3n) is 4.52. The number of amides is 2. The Balaban J connectivity index is 0.00000288. The first-order valence-electron chi connectivity index (χ1n) is 8.30. The first-order chi connectivity index (χ1) is 11.1. The molecular weight excluding hydrogens is 363 g/mol. The van der Waals surface area contributed by atoms with Crippen molar-refractivity contribution in [2.24, 2.45) is 11.1 Å². The van der Waals surface area contributed by atoms with E-state index in [9.17, 15) is 9.59 Å². The minimum atomic E-state index is -0.122. The van der Waals surface area contributed by atoms with E-state index in [0.717, 1.165) is 25.7 Å². The molecule has 1 heterocycles. The van der Waals surface area contributed by atoms with Gasteiger partial charge in [-0.1, -0.05) is 19.3 Å². The Labute approximate surface area is 161 Å². The topological polar surface area (TPSA) is 97.1 Å². The lowest BCUT2D eigenvalue weighted by molar-refractivity contribution is -0.124. The highest BCUT2D eigenvalue weighted by Gasteiger charge is 2.32. The molecule has 8 heteroatoms. The minimum absolute atomic E-state index is 0. The largest absolute Gasteiger partial charge is 0.356 e. The molecule has 4 N–H and O–H groups in total. The van der Waals surface area contributed by atoms with E-state index in [4.69, 9.17) is 5.73 Å². The number of aromatic nitrogens is 1. The Hall–Kier alpha value is -1.37. The van der Waals surface area contributed by atoms with Gasteiger partial charge in [-0.05, 0) is 36.9 Å². The summed E-state index contributed by atoms with van der Waals surface area (Å²) in [6.07, 6.45) is 9.55. The molecule has 0 atom stereocenters. The van der Waals surface area contributed by atoms with Crippen LogP contribution in [0.2, 0.25) is 0 Å². The summed E-state index contributed by atoms with van der Waals surface area (Å²) in [5.41, 5.74) is 6.57. The average Bonchev–Trinajstić information content (AvgIpc) is 2.56. The molecule has 0 bridgehead atoms. The first kappa shape index (κ1) is 23.6. The Bertz CT molecular complexity index is 523. The number of halogens is 2. The van der Waals surface area contributed by atoms with Crippen LogP contribution in [0.1, 0.15) is 44.9 Å². The second-order valence-corrected chi connectivity index (χ2v) is 6.33. The van der Waals surface area contributed by atoms with E-state index in [-0.39, 0.29) is 48.5 Å². The molecule has 1 aliphatic carbocycles. The Morgan fingerprint density at radius 1 is 1.08 bits per heavy atom. The van der Waals surface area contributed by atoms with Crippen molar-refractivity contribution >= 4 is 42.3 Å². The Morgan fingerprint density at radius 3 is 2.32 bits per heavy atom. The van der Waals surface area contributed by atoms with E-state index in [1.54, 1.807) is 24.5 Å². The molecular formula is C17H28Cl2N4O2. The highest BCUT2D eigenvalue weighted by atomic mass is 35.5. The number of nitrogens with two attached hydrogens (primary N) is 1. The summed E-state index contributed by atoms with van der Waals surface area (Å²) in [4.78, 5) is 27.8. The summed E-state index contributed by atoms with van der Waals surface area (Å²) in [5.74, 6) is -0.128. The van der Waals surface area contributed by atoms with E-state index in [2.05, 4.69) is 15.6 Å². The molecule has 0 aromatic carbocycles. The van der Waals surface area contributed by atoms with Crippen LogP contribution in [-0.4, -0.2) is 29.9 Å². The van der Waals surface area contributed by atoms with Crippen molar-refractivity contribution in [3.63, 3.8) is 0 Å². The Morgan fingerprint density at radius 2 is 1.72 bits per heavy atom. The SMILES string of the molecule is Cl.Cl.NCC1(CC(=O)NCCC(=O)Nc2ccncc2)CCCCC1. The minimum Gasteiger partial charge on any atom is -0.356 e. The first-order valence-corrected chi connectivity index (χ1v) is 8.30. The van der Waals surface area contributed by atoms with Crippen LogP contribution in [0, 0.1) is 5.41 Å². The fraction of sp³-hybridized carbons (Fsp3) is 0.588. The highest BCUT2D eigenvalue weighted by Crippen LogP contribution is 2.38. The molecule has 0 aliphatic heterocycles. The van der Waals surface area contributed by atoms with Gasteiger partial charge in [0.05, 0.1) is 0 Å². The van der Waals surface area contributed by atoms with Crippen molar-refractivity contribution < 1.29 is 9.59 Å². The second-order valence-electron chi connectivity index (χ2n) is 6.33. The predicted molar refractivity (Wildman–Crippen MR) is 104 cm³/mol. The van der Waals surface area contributed by atoms with Gasteiger partial charge in [0.15, 0.2) is 0 Å². The van der Waals surface area contributed by atoms with Crippen LogP contribution in [-0.2, 0) is 9.59 Å². The molecule has 0 spiro atoms. The maximum absolute atomic E-state index is 12.1. The lowest BCUT2D eigenvalue weighted by Gasteiger charge is -2.35. The molecule has 0 unspecified atom stereocenters. The summed E-state index contributed by atoms with van der Waals surface area (Å²) in [6, 6.07) is 3.45. The molecule has 2 amide bonds. The van der Waals surface area contributed by atoms with Gasteiger partial charge in [0.1, 0.15) is 0 Å². The molecule has 1 saturated carbocycles. The van der Waals surface area contributed by atoms with Gasteiger partial charge in [-0.2, -0.15) is 0 Å². The van der Waals surface area contributed by atoms with Gasteiger partial charge in [0, 0.05) is 37.5 Å². The zero-order chi connectivity index (χ0) is 16.5. The van der Waals surface area contributed by atoms with Crippen LogP contribution >= 0.6 is 24.8 Å². The van der Waals surface area contributed by atoms with E-state index in [1.165, 1.54) is 6.42 Å². The van der Waals surface area contributed by atoms with Gasteiger partial charge in [-0.25, -0.2) is 0 Å². The van der Waals surface area contributed by atoms with Crippen LogP contribution in [0.5, 0.6) is 0 Å². The molecule has 142 valence electrons. The highest BCUT2D eigenvalue weighted by molar-refractivity contribution is 5.91. The number of hydrogen-bond acceptors (Lipinski definition) is 4. The van der Waals surface area contributed by atoms with Crippen molar-refractivity contribution in [1.29, 1.82) is 0 Å². The van der Waals surface area contributed by atoms with Gasteiger partial charge in [-0.15, -0.1) is 24.8 Å². The quantitative estimate of drug-likeness (QED) is 0.666. The molecule has 25 heavy (non-hydrogen) atoms. The summed E-state index contributed by atoms with van der Waals surface area (Å²) in [7, 11) is 0. The smallest absolute Gasteiger partial charge is 0.226 e. The number of nitrogens with zero attached hydrogens (tertiary/aromatic N) is 1. The number of carbonyl (C=O) groups is 2. The van der Waals surface area contributed by atoms with Crippen LogP contribution in [0.15, 0.2) is 24.5 Å². The molecule has 6 nitrogen and oxygen atoms in total.